The molecule has 1 aliphatic carbocycles. The van der Waals surface area contributed by atoms with Crippen molar-refractivity contribution in [3.63, 3.8) is 0 Å². The third-order valence-corrected chi connectivity index (χ3v) is 8.48. The van der Waals surface area contributed by atoms with Crippen LogP contribution in [0.25, 0.3) is 10.2 Å². The van der Waals surface area contributed by atoms with Crippen LogP contribution in [0.3, 0.4) is 0 Å². The molecule has 1 atom stereocenters. The normalized spacial score (nSPS) is 21.5. The van der Waals surface area contributed by atoms with Crippen molar-refractivity contribution < 1.29 is 9.59 Å². The molecule has 0 spiro atoms. The Morgan fingerprint density at radius 2 is 1.79 bits per heavy atom. The van der Waals surface area contributed by atoms with Gasteiger partial charge in [-0.3, -0.25) is 14.5 Å². The Bertz CT molecular complexity index is 1210. The average Bonchev–Trinajstić information content (AvgIpc) is 3.32. The fourth-order valence-corrected chi connectivity index (χ4v) is 6.62. The van der Waals surface area contributed by atoms with Gasteiger partial charge in [-0.1, -0.05) is 32.3 Å². The molecule has 0 bridgehead atoms. The summed E-state index contributed by atoms with van der Waals surface area (Å²) in [6.45, 7) is 8.60. The van der Waals surface area contributed by atoms with Crippen LogP contribution in [-0.2, 0) is 17.8 Å². The molecular formula is C27H33N3O2S. The van der Waals surface area contributed by atoms with Crippen molar-refractivity contribution in [3.05, 3.63) is 52.0 Å². The van der Waals surface area contributed by atoms with E-state index in [-0.39, 0.29) is 17.9 Å². The molecule has 1 aromatic carbocycles. The molecule has 5 nitrogen and oxygen atoms in total. The van der Waals surface area contributed by atoms with Crippen LogP contribution in [0.5, 0.6) is 0 Å². The molecule has 1 N–H and O–H groups in total. The second-order valence-corrected chi connectivity index (χ2v) is 11.2. The Morgan fingerprint density at radius 3 is 2.45 bits per heavy atom. The first-order chi connectivity index (χ1) is 15.8. The van der Waals surface area contributed by atoms with Gasteiger partial charge in [-0.25, -0.2) is 0 Å². The molecule has 1 aliphatic heterocycles. The van der Waals surface area contributed by atoms with Gasteiger partial charge in [-0.15, -0.1) is 11.3 Å². The molecule has 2 amide bonds. The second-order valence-electron chi connectivity index (χ2n) is 10.0. The fourth-order valence-electron chi connectivity index (χ4n) is 5.57. The largest absolute Gasteiger partial charge is 0.351 e. The van der Waals surface area contributed by atoms with E-state index < -0.39 is 5.54 Å². The highest BCUT2D eigenvalue weighted by Crippen LogP contribution is 2.39. The Hall–Kier alpha value is -2.60. The van der Waals surface area contributed by atoms with E-state index in [0.29, 0.717) is 12.2 Å². The molecule has 1 saturated carbocycles. The Morgan fingerprint density at radius 1 is 1.09 bits per heavy atom. The molecule has 174 valence electrons. The van der Waals surface area contributed by atoms with Gasteiger partial charge in [0.25, 0.3) is 5.91 Å². The van der Waals surface area contributed by atoms with Gasteiger partial charge in [-0.2, -0.15) is 0 Å². The van der Waals surface area contributed by atoms with Crippen molar-refractivity contribution in [1.82, 2.24) is 9.88 Å². The number of benzene rings is 1. The lowest BCUT2D eigenvalue weighted by Gasteiger charge is -2.45. The number of hydrogen-bond acceptors (Lipinski definition) is 3. The summed E-state index contributed by atoms with van der Waals surface area (Å²) in [5, 5.41) is 3.32. The van der Waals surface area contributed by atoms with E-state index in [2.05, 4.69) is 28.9 Å². The van der Waals surface area contributed by atoms with Crippen molar-refractivity contribution in [2.24, 2.45) is 0 Å². The first kappa shape index (κ1) is 22.2. The summed E-state index contributed by atoms with van der Waals surface area (Å²) >= 11 is 1.74. The molecule has 33 heavy (non-hydrogen) atoms. The summed E-state index contributed by atoms with van der Waals surface area (Å²) in [5.41, 5.74) is 3.69. The summed E-state index contributed by atoms with van der Waals surface area (Å²) in [7, 11) is 0. The lowest BCUT2D eigenvalue weighted by Crippen LogP contribution is -2.65. The van der Waals surface area contributed by atoms with Crippen LogP contribution in [0.15, 0.2) is 30.3 Å². The van der Waals surface area contributed by atoms with Gasteiger partial charge in [-0.05, 0) is 75.4 Å². The maximum atomic E-state index is 14.0. The molecule has 0 saturated heterocycles. The number of hydrogen-bond donors (Lipinski definition) is 1. The molecule has 2 aromatic heterocycles. The molecular weight excluding hydrogens is 430 g/mol. The first-order valence-electron chi connectivity index (χ1n) is 12.2. The summed E-state index contributed by atoms with van der Waals surface area (Å²) in [6, 6.07) is 10.5. The maximum absolute atomic E-state index is 14.0. The van der Waals surface area contributed by atoms with Gasteiger partial charge < -0.3 is 9.88 Å². The molecule has 3 heterocycles. The number of carbonyl (C=O) groups is 2. The Balaban J connectivity index is 1.62. The zero-order chi connectivity index (χ0) is 23.3. The molecule has 1 fully saturated rings. The average molecular weight is 464 g/mol. The highest BCUT2D eigenvalue weighted by Gasteiger charge is 2.49. The number of rotatable bonds is 4. The minimum atomic E-state index is -1.01. The predicted molar refractivity (Wildman–Crippen MR) is 135 cm³/mol. The minimum Gasteiger partial charge on any atom is -0.351 e. The third kappa shape index (κ3) is 3.78. The number of aryl methyl sites for hydroxylation is 3. The topological polar surface area (TPSA) is 54.3 Å². The highest BCUT2D eigenvalue weighted by atomic mass is 32.1. The predicted octanol–water partition coefficient (Wildman–Crippen LogP) is 5.75. The number of aromatic nitrogens is 1. The molecule has 3 aromatic rings. The Kier molecular flexibility index (Phi) is 5.60. The quantitative estimate of drug-likeness (QED) is 0.536. The lowest BCUT2D eigenvalue weighted by atomic mass is 9.90. The van der Waals surface area contributed by atoms with Crippen molar-refractivity contribution >= 4 is 39.1 Å². The van der Waals surface area contributed by atoms with Crippen molar-refractivity contribution in [2.45, 2.75) is 84.3 Å². The van der Waals surface area contributed by atoms with Gasteiger partial charge in [0.05, 0.1) is 16.8 Å². The lowest BCUT2D eigenvalue weighted by molar-refractivity contribution is -0.127. The molecule has 0 radical (unpaired) electrons. The third-order valence-electron chi connectivity index (χ3n) is 7.27. The number of amides is 2. The molecule has 6 heteroatoms. The number of thiophene rings is 1. The zero-order valence-electron chi connectivity index (χ0n) is 20.0. The highest BCUT2D eigenvalue weighted by molar-refractivity contribution is 7.19. The van der Waals surface area contributed by atoms with E-state index in [1.165, 1.54) is 11.3 Å². The summed E-state index contributed by atoms with van der Waals surface area (Å²) in [4.78, 5) is 31.0. The van der Waals surface area contributed by atoms with E-state index in [0.717, 1.165) is 59.1 Å². The molecule has 2 aliphatic rings. The molecule has 0 unspecified atom stereocenters. The van der Waals surface area contributed by atoms with Crippen molar-refractivity contribution in [3.8, 4) is 0 Å². The number of carbonyl (C=O) groups excluding carboxylic acids is 2. The van der Waals surface area contributed by atoms with Gasteiger partial charge in [0.15, 0.2) is 0 Å². The van der Waals surface area contributed by atoms with Crippen LogP contribution in [0.2, 0.25) is 0 Å². The van der Waals surface area contributed by atoms with E-state index in [1.807, 2.05) is 39.0 Å². The van der Waals surface area contributed by atoms with Crippen LogP contribution < -0.4 is 10.2 Å². The van der Waals surface area contributed by atoms with Crippen LogP contribution >= 0.6 is 11.3 Å². The van der Waals surface area contributed by atoms with E-state index >= 15 is 0 Å². The maximum Gasteiger partial charge on any atom is 0.275 e. The van der Waals surface area contributed by atoms with Crippen molar-refractivity contribution in [1.29, 1.82) is 0 Å². The zero-order valence-corrected chi connectivity index (χ0v) is 20.8. The van der Waals surface area contributed by atoms with Gasteiger partial charge in [0.2, 0.25) is 5.91 Å². The fraction of sp³-hybridized carbons (Fsp3) is 0.481. The van der Waals surface area contributed by atoms with Gasteiger partial charge in [0, 0.05) is 16.6 Å². The van der Waals surface area contributed by atoms with Crippen molar-refractivity contribution in [2.75, 3.05) is 4.90 Å². The SMILES string of the molecule is CCc1cc2c(cc3n2C[C@](C)(C(=O)NC2CCCCC2)N(c2cc(C)cc(C)c2)C3=O)s1. The number of nitrogens with zero attached hydrogens (tertiary/aromatic N) is 2. The Labute approximate surface area is 199 Å². The standard InChI is InChI=1S/C27H33N3O2S/c1-5-21-14-22-24(33-21)15-23-25(31)30(20-12-17(2)11-18(3)13-20)27(4,16-29(22)23)26(32)28-19-9-7-6-8-10-19/h11-15,19H,5-10,16H2,1-4H3,(H,28,32)/t27-/m1/s1. The summed E-state index contributed by atoms with van der Waals surface area (Å²) in [6.07, 6.45) is 6.54. The summed E-state index contributed by atoms with van der Waals surface area (Å²) < 4.78 is 3.19. The van der Waals surface area contributed by atoms with E-state index in [4.69, 9.17) is 0 Å². The number of nitrogens with one attached hydrogen (secondary N) is 1. The van der Waals surface area contributed by atoms with Gasteiger partial charge in [0.1, 0.15) is 11.2 Å². The van der Waals surface area contributed by atoms with Crippen LogP contribution in [0.4, 0.5) is 5.69 Å². The van der Waals surface area contributed by atoms with Crippen LogP contribution in [0.1, 0.15) is 72.4 Å². The van der Waals surface area contributed by atoms with Crippen LogP contribution in [-0.4, -0.2) is 28.0 Å². The number of anilines is 1. The minimum absolute atomic E-state index is 0.0552. The second kappa shape index (κ2) is 8.32. The number of fused-ring (bicyclic) bond motifs is 3. The monoisotopic (exact) mass is 463 g/mol. The van der Waals surface area contributed by atoms with E-state index in [1.54, 1.807) is 16.2 Å². The van der Waals surface area contributed by atoms with E-state index in [9.17, 15) is 9.59 Å². The van der Waals surface area contributed by atoms with Crippen LogP contribution in [0, 0.1) is 13.8 Å². The van der Waals surface area contributed by atoms with Gasteiger partial charge >= 0.3 is 0 Å². The smallest absolute Gasteiger partial charge is 0.275 e. The molecule has 5 rings (SSSR count). The first-order valence-corrected chi connectivity index (χ1v) is 13.0. The summed E-state index contributed by atoms with van der Waals surface area (Å²) in [5.74, 6) is -0.158.